The number of hydrogen-bond acceptors (Lipinski definition) is 7. The third-order valence-electron chi connectivity index (χ3n) is 10.9. The summed E-state index contributed by atoms with van der Waals surface area (Å²) in [6, 6.07) is 6.21. The van der Waals surface area contributed by atoms with E-state index < -0.39 is 23.1 Å². The van der Waals surface area contributed by atoms with Gasteiger partial charge in [0.25, 0.3) is 0 Å². The van der Waals surface area contributed by atoms with E-state index in [2.05, 4.69) is 26.8 Å². The van der Waals surface area contributed by atoms with Crippen LogP contribution >= 0.6 is 0 Å². The van der Waals surface area contributed by atoms with Crippen LogP contribution in [0.2, 0.25) is 0 Å². The van der Waals surface area contributed by atoms with Crippen LogP contribution in [0.1, 0.15) is 132 Å². The summed E-state index contributed by atoms with van der Waals surface area (Å²) in [7, 11) is 0. The summed E-state index contributed by atoms with van der Waals surface area (Å²) in [6.45, 7) is 16.4. The average Bonchev–Trinajstić information content (AvgIpc) is 3.12. The van der Waals surface area contributed by atoms with E-state index in [9.17, 15) is 35.0 Å². The normalized spacial score (nSPS) is 11.9. The first-order valence-electron chi connectivity index (χ1n) is 18.9. The van der Waals surface area contributed by atoms with Crippen LogP contribution < -0.4 is 17.1 Å². The number of phenols is 3. The van der Waals surface area contributed by atoms with Crippen molar-refractivity contribution in [3.63, 3.8) is 0 Å². The number of aryl methyl sites for hydroxylation is 6. The largest absolute Gasteiger partial charge is 0.507 e. The second-order valence-corrected chi connectivity index (χ2v) is 14.6. The van der Waals surface area contributed by atoms with Gasteiger partial charge in [-0.25, -0.2) is 28.1 Å². The number of phenolic OH excluding ortho intramolecular Hbond substituents is 3. The molecule has 0 fully saturated rings. The van der Waals surface area contributed by atoms with Gasteiger partial charge < -0.3 is 15.3 Å². The Bertz CT molecular complexity index is 2120. The summed E-state index contributed by atoms with van der Waals surface area (Å²) in [5, 5.41) is 44.3. The van der Waals surface area contributed by atoms with Crippen LogP contribution in [0.3, 0.4) is 0 Å². The Morgan fingerprint density at radius 1 is 0.585 bits per heavy atom. The Kier molecular flexibility index (Phi) is 13.2. The van der Waals surface area contributed by atoms with E-state index in [0.717, 1.165) is 80.0 Å². The second kappa shape index (κ2) is 17.2. The minimum Gasteiger partial charge on any atom is -0.507 e. The number of nitriles is 1. The minimum atomic E-state index is -1.47. The Morgan fingerprint density at radius 2 is 0.943 bits per heavy atom. The zero-order valence-corrected chi connectivity index (χ0v) is 32.9. The fourth-order valence-corrected chi connectivity index (χ4v) is 7.56. The quantitative estimate of drug-likeness (QED) is 0.116. The Hall–Kier alpha value is -5.04. The zero-order chi connectivity index (χ0) is 39.3. The van der Waals surface area contributed by atoms with Crippen LogP contribution in [0.15, 0.2) is 32.6 Å². The highest BCUT2D eigenvalue weighted by Gasteiger charge is 2.29. The van der Waals surface area contributed by atoms with Crippen molar-refractivity contribution >= 4 is 0 Å². The Labute approximate surface area is 312 Å². The first kappa shape index (κ1) is 40.7. The van der Waals surface area contributed by atoms with Crippen molar-refractivity contribution < 1.29 is 15.3 Å². The SMILES string of the molecule is CCCCc1cc(C)c(Cn2c(=O)n(Cc3c(C)cc(CCCC)c(O)c3C)c(=O)n(C(C#N)c3c(C)cc(CCCC)c(O)c3C)c2=O)c(C)c1O. The number of rotatable bonds is 15. The fraction of sp³-hybridized carbons (Fsp3) is 0.488. The highest BCUT2D eigenvalue weighted by Crippen LogP contribution is 2.35. The van der Waals surface area contributed by atoms with Gasteiger partial charge in [-0.3, -0.25) is 0 Å². The molecular weight excluding hydrogens is 668 g/mol. The molecule has 0 aliphatic carbocycles. The molecule has 10 heteroatoms. The van der Waals surface area contributed by atoms with E-state index in [4.69, 9.17) is 0 Å². The van der Waals surface area contributed by atoms with Crippen LogP contribution in [0, 0.1) is 52.9 Å². The summed E-state index contributed by atoms with van der Waals surface area (Å²) in [5.41, 5.74) is 4.52. The molecule has 1 unspecified atom stereocenters. The predicted octanol–water partition coefficient (Wildman–Crippen LogP) is 7.38. The zero-order valence-electron chi connectivity index (χ0n) is 32.9. The van der Waals surface area contributed by atoms with Gasteiger partial charge in [0.05, 0.1) is 19.2 Å². The van der Waals surface area contributed by atoms with Crippen LogP contribution in [-0.2, 0) is 32.4 Å². The lowest BCUT2D eigenvalue weighted by Crippen LogP contribution is -2.56. The number of aromatic hydroxyl groups is 3. The lowest BCUT2D eigenvalue weighted by molar-refractivity contribution is 0.449. The molecule has 0 radical (unpaired) electrons. The number of benzene rings is 3. The Morgan fingerprint density at radius 3 is 1.30 bits per heavy atom. The second-order valence-electron chi connectivity index (χ2n) is 14.6. The Balaban J connectivity index is 2.05. The number of aromatic nitrogens is 3. The molecule has 4 rings (SSSR count). The lowest BCUT2D eigenvalue weighted by Gasteiger charge is -2.23. The predicted molar refractivity (Wildman–Crippen MR) is 210 cm³/mol. The molecule has 1 aromatic heterocycles. The van der Waals surface area contributed by atoms with E-state index in [-0.39, 0.29) is 30.3 Å². The van der Waals surface area contributed by atoms with E-state index in [1.54, 1.807) is 33.8 Å². The molecule has 0 bridgehead atoms. The van der Waals surface area contributed by atoms with Crippen LogP contribution in [0.25, 0.3) is 0 Å². The topological polar surface area (TPSA) is 150 Å². The summed E-state index contributed by atoms with van der Waals surface area (Å²) in [5.74, 6) is 0.214. The molecule has 284 valence electrons. The van der Waals surface area contributed by atoms with Crippen molar-refractivity contribution in [2.45, 2.75) is 139 Å². The average molecular weight is 725 g/mol. The molecule has 0 aliphatic heterocycles. The maximum Gasteiger partial charge on any atom is 0.338 e. The van der Waals surface area contributed by atoms with Crippen LogP contribution in [0.4, 0.5) is 0 Å². The highest BCUT2D eigenvalue weighted by molar-refractivity contribution is 5.53. The molecule has 3 N–H and O–H groups in total. The van der Waals surface area contributed by atoms with E-state index in [1.807, 2.05) is 26.0 Å². The number of hydrogen-bond donors (Lipinski definition) is 3. The van der Waals surface area contributed by atoms with Crippen molar-refractivity contribution in [2.24, 2.45) is 0 Å². The standard InChI is InChI=1S/C43H56N4O6/c1-10-13-16-31-19-25(4)34(28(7)38(31)48)23-45-41(51)46(24-35-26(5)20-32(17-14-11-2)39(49)29(35)8)43(53)47(42(45)52)36(22-44)37-27(6)21-33(18-15-12-3)40(50)30(37)9/h19-21,36,48-50H,10-18,23-24H2,1-9H3. The molecule has 10 nitrogen and oxygen atoms in total. The summed E-state index contributed by atoms with van der Waals surface area (Å²) in [6.07, 6.45) is 7.44. The van der Waals surface area contributed by atoms with E-state index >= 15 is 0 Å². The fourth-order valence-electron chi connectivity index (χ4n) is 7.56. The first-order valence-corrected chi connectivity index (χ1v) is 18.9. The van der Waals surface area contributed by atoms with Gasteiger partial charge in [0.1, 0.15) is 17.2 Å². The van der Waals surface area contributed by atoms with Crippen molar-refractivity contribution in [1.29, 1.82) is 5.26 Å². The van der Waals surface area contributed by atoms with Gasteiger partial charge in [0, 0.05) is 0 Å². The number of nitrogens with zero attached hydrogens (tertiary/aromatic N) is 4. The molecule has 1 heterocycles. The van der Waals surface area contributed by atoms with E-state index in [0.29, 0.717) is 58.2 Å². The van der Waals surface area contributed by atoms with Crippen molar-refractivity contribution in [3.05, 3.63) is 116 Å². The van der Waals surface area contributed by atoms with Gasteiger partial charge in [-0.2, -0.15) is 5.26 Å². The summed E-state index contributed by atoms with van der Waals surface area (Å²) in [4.78, 5) is 43.6. The third kappa shape index (κ3) is 8.00. The molecule has 53 heavy (non-hydrogen) atoms. The summed E-state index contributed by atoms with van der Waals surface area (Å²) < 4.78 is 2.71. The van der Waals surface area contributed by atoms with Gasteiger partial charge in [-0.1, -0.05) is 58.2 Å². The van der Waals surface area contributed by atoms with Gasteiger partial charge in [0.2, 0.25) is 0 Å². The highest BCUT2D eigenvalue weighted by atomic mass is 16.3. The molecule has 0 amide bonds. The van der Waals surface area contributed by atoms with Crippen molar-refractivity contribution in [2.75, 3.05) is 0 Å². The van der Waals surface area contributed by atoms with Crippen LogP contribution in [0.5, 0.6) is 17.2 Å². The van der Waals surface area contributed by atoms with E-state index in [1.165, 1.54) is 0 Å². The molecule has 1 atom stereocenters. The van der Waals surface area contributed by atoms with Gasteiger partial charge in [-0.15, -0.1) is 0 Å². The summed E-state index contributed by atoms with van der Waals surface area (Å²) >= 11 is 0. The molecule has 0 aliphatic rings. The van der Waals surface area contributed by atoms with Gasteiger partial charge in [-0.05, 0) is 147 Å². The maximum atomic E-state index is 14.6. The molecule has 4 aromatic rings. The van der Waals surface area contributed by atoms with Crippen molar-refractivity contribution in [3.8, 4) is 23.3 Å². The minimum absolute atomic E-state index is 0.00997. The first-order chi connectivity index (χ1) is 25.1. The molecule has 3 aromatic carbocycles. The molecule has 0 saturated heterocycles. The lowest BCUT2D eigenvalue weighted by atomic mass is 9.91. The van der Waals surface area contributed by atoms with Gasteiger partial charge in [0.15, 0.2) is 6.04 Å². The smallest absolute Gasteiger partial charge is 0.338 e. The monoisotopic (exact) mass is 724 g/mol. The molecule has 0 spiro atoms. The molecule has 0 saturated carbocycles. The van der Waals surface area contributed by atoms with Crippen LogP contribution in [-0.4, -0.2) is 29.0 Å². The third-order valence-corrected chi connectivity index (χ3v) is 10.9. The number of unbranched alkanes of at least 4 members (excludes halogenated alkanes) is 3. The van der Waals surface area contributed by atoms with Crippen molar-refractivity contribution in [1.82, 2.24) is 13.7 Å². The maximum absolute atomic E-state index is 14.6. The van der Waals surface area contributed by atoms with Gasteiger partial charge >= 0.3 is 17.1 Å². The molecular formula is C43H56N4O6.